The van der Waals surface area contributed by atoms with Crippen LogP contribution >= 0.6 is 0 Å². The third-order valence-electron chi connectivity index (χ3n) is 4.10. The predicted octanol–water partition coefficient (Wildman–Crippen LogP) is 3.21. The Labute approximate surface area is 103 Å². The Morgan fingerprint density at radius 3 is 2.65 bits per heavy atom. The molecule has 1 fully saturated rings. The molecule has 0 spiro atoms. The molecule has 0 bridgehead atoms. The normalized spacial score (nSPS) is 24.2. The first kappa shape index (κ1) is 10.8. The second-order valence-electron chi connectivity index (χ2n) is 5.46. The van der Waals surface area contributed by atoms with Gasteiger partial charge in [0.15, 0.2) is 0 Å². The molecule has 0 aliphatic heterocycles. The molecular weight excluding hydrogens is 208 g/mol. The van der Waals surface area contributed by atoms with E-state index in [0.717, 1.165) is 0 Å². The number of nitrogens with zero attached hydrogens (tertiary/aromatic N) is 2. The highest BCUT2D eigenvalue weighted by molar-refractivity contribution is 5.81. The SMILES string of the molecule is Cc1ccc2c(ccn2C2CC[C@H]2N(C)C)c1. The monoisotopic (exact) mass is 228 g/mol. The maximum absolute atomic E-state index is 2.46. The third-order valence-corrected chi connectivity index (χ3v) is 4.10. The van der Waals surface area contributed by atoms with Crippen molar-refractivity contribution in [1.29, 1.82) is 0 Å². The van der Waals surface area contributed by atoms with Gasteiger partial charge in [-0.05, 0) is 57.4 Å². The van der Waals surface area contributed by atoms with E-state index in [1.165, 1.54) is 29.3 Å². The zero-order valence-electron chi connectivity index (χ0n) is 10.9. The predicted molar refractivity (Wildman–Crippen MR) is 72.4 cm³/mol. The molecule has 1 saturated carbocycles. The summed E-state index contributed by atoms with van der Waals surface area (Å²) >= 11 is 0. The third kappa shape index (κ3) is 1.67. The molecule has 17 heavy (non-hydrogen) atoms. The number of likely N-dealkylation sites (N-methyl/N-ethyl adjacent to an activating group) is 1. The molecule has 2 aromatic rings. The molecule has 2 nitrogen and oxygen atoms in total. The fourth-order valence-electron chi connectivity index (χ4n) is 2.96. The summed E-state index contributed by atoms with van der Waals surface area (Å²) in [6, 6.07) is 10.3. The molecule has 2 heteroatoms. The van der Waals surface area contributed by atoms with E-state index in [0.29, 0.717) is 12.1 Å². The Morgan fingerprint density at radius 2 is 2.00 bits per heavy atom. The number of fused-ring (bicyclic) bond motifs is 1. The van der Waals surface area contributed by atoms with Gasteiger partial charge >= 0.3 is 0 Å². The zero-order chi connectivity index (χ0) is 12.0. The number of hydrogen-bond donors (Lipinski definition) is 0. The number of aryl methyl sites for hydroxylation is 1. The molecule has 3 rings (SSSR count). The lowest BCUT2D eigenvalue weighted by atomic mass is 9.85. The zero-order valence-corrected chi connectivity index (χ0v) is 10.9. The van der Waals surface area contributed by atoms with Crippen molar-refractivity contribution in [3.63, 3.8) is 0 Å². The number of rotatable bonds is 2. The van der Waals surface area contributed by atoms with E-state index in [9.17, 15) is 0 Å². The molecule has 90 valence electrons. The molecule has 1 heterocycles. The van der Waals surface area contributed by atoms with Crippen molar-refractivity contribution >= 4 is 10.9 Å². The van der Waals surface area contributed by atoms with Crippen molar-refractivity contribution in [3.8, 4) is 0 Å². The van der Waals surface area contributed by atoms with E-state index in [-0.39, 0.29) is 0 Å². The minimum Gasteiger partial charge on any atom is -0.343 e. The largest absolute Gasteiger partial charge is 0.343 e. The molecule has 1 aliphatic rings. The fraction of sp³-hybridized carbons (Fsp3) is 0.467. The second kappa shape index (κ2) is 3.88. The Hall–Kier alpha value is -1.28. The summed E-state index contributed by atoms with van der Waals surface area (Å²) < 4.78 is 2.46. The molecule has 1 unspecified atom stereocenters. The van der Waals surface area contributed by atoms with Gasteiger partial charge in [-0.1, -0.05) is 11.6 Å². The maximum atomic E-state index is 2.46. The Morgan fingerprint density at radius 1 is 1.18 bits per heavy atom. The molecule has 0 saturated heterocycles. The summed E-state index contributed by atoms with van der Waals surface area (Å²) in [5, 5.41) is 1.37. The molecular formula is C15H20N2. The molecule has 2 atom stereocenters. The van der Waals surface area contributed by atoms with Crippen LogP contribution in [0.2, 0.25) is 0 Å². The van der Waals surface area contributed by atoms with Crippen LogP contribution in [-0.4, -0.2) is 29.6 Å². The van der Waals surface area contributed by atoms with Crippen LogP contribution in [0.15, 0.2) is 30.5 Å². The molecule has 1 aromatic carbocycles. The van der Waals surface area contributed by atoms with Crippen molar-refractivity contribution in [2.45, 2.75) is 31.8 Å². The second-order valence-corrected chi connectivity index (χ2v) is 5.46. The summed E-state index contributed by atoms with van der Waals surface area (Å²) in [6.45, 7) is 2.16. The van der Waals surface area contributed by atoms with Gasteiger partial charge in [-0.3, -0.25) is 0 Å². The van der Waals surface area contributed by atoms with Gasteiger partial charge in [-0.2, -0.15) is 0 Å². The van der Waals surface area contributed by atoms with Crippen LogP contribution in [0.4, 0.5) is 0 Å². The average Bonchev–Trinajstić information content (AvgIpc) is 2.58. The van der Waals surface area contributed by atoms with Gasteiger partial charge in [0, 0.05) is 23.8 Å². The minimum atomic E-state index is 0.658. The molecule has 1 aromatic heterocycles. The minimum absolute atomic E-state index is 0.658. The van der Waals surface area contributed by atoms with Crippen LogP contribution in [0.5, 0.6) is 0 Å². The van der Waals surface area contributed by atoms with E-state index in [4.69, 9.17) is 0 Å². The first-order valence-corrected chi connectivity index (χ1v) is 6.40. The Balaban J connectivity index is 2.01. The molecule has 0 amide bonds. The number of aromatic nitrogens is 1. The first-order chi connectivity index (χ1) is 8.16. The van der Waals surface area contributed by atoms with Crippen LogP contribution in [0.25, 0.3) is 10.9 Å². The van der Waals surface area contributed by atoms with Crippen LogP contribution < -0.4 is 0 Å². The molecule has 0 radical (unpaired) electrons. The summed E-state index contributed by atoms with van der Waals surface area (Å²) in [5.41, 5.74) is 2.72. The fourth-order valence-corrected chi connectivity index (χ4v) is 2.96. The van der Waals surface area contributed by atoms with Crippen LogP contribution in [0, 0.1) is 6.92 Å². The van der Waals surface area contributed by atoms with E-state index in [1.54, 1.807) is 0 Å². The highest BCUT2D eigenvalue weighted by atomic mass is 15.2. The van der Waals surface area contributed by atoms with Gasteiger partial charge in [0.25, 0.3) is 0 Å². The molecule has 1 aliphatic carbocycles. The lowest BCUT2D eigenvalue weighted by Gasteiger charge is -2.42. The van der Waals surface area contributed by atoms with Crippen LogP contribution in [0.1, 0.15) is 24.4 Å². The van der Waals surface area contributed by atoms with Crippen molar-refractivity contribution < 1.29 is 0 Å². The quantitative estimate of drug-likeness (QED) is 0.766. The average molecular weight is 228 g/mol. The van der Waals surface area contributed by atoms with Crippen molar-refractivity contribution in [1.82, 2.24) is 9.47 Å². The lowest BCUT2D eigenvalue weighted by molar-refractivity contribution is 0.116. The van der Waals surface area contributed by atoms with E-state index < -0.39 is 0 Å². The van der Waals surface area contributed by atoms with E-state index in [2.05, 4.69) is 60.9 Å². The molecule has 0 N–H and O–H groups in total. The van der Waals surface area contributed by atoms with Gasteiger partial charge in [0.2, 0.25) is 0 Å². The van der Waals surface area contributed by atoms with Crippen LogP contribution in [-0.2, 0) is 0 Å². The van der Waals surface area contributed by atoms with Gasteiger partial charge < -0.3 is 9.47 Å². The lowest BCUT2D eigenvalue weighted by Crippen LogP contribution is -2.43. The highest BCUT2D eigenvalue weighted by Gasteiger charge is 2.33. The van der Waals surface area contributed by atoms with Crippen molar-refractivity contribution in [3.05, 3.63) is 36.0 Å². The van der Waals surface area contributed by atoms with Gasteiger partial charge in [-0.25, -0.2) is 0 Å². The van der Waals surface area contributed by atoms with Gasteiger partial charge in [0.05, 0.1) is 0 Å². The smallest absolute Gasteiger partial charge is 0.0492 e. The standard InChI is InChI=1S/C15H20N2/c1-11-4-5-13-12(10-11)8-9-17(13)15-7-6-14(15)16(2)3/h4-5,8-10,14-15H,6-7H2,1-3H3/t14-,15?/m1/s1. The van der Waals surface area contributed by atoms with Crippen molar-refractivity contribution in [2.75, 3.05) is 14.1 Å². The van der Waals surface area contributed by atoms with E-state index in [1.807, 2.05) is 0 Å². The first-order valence-electron chi connectivity index (χ1n) is 6.40. The topological polar surface area (TPSA) is 8.17 Å². The van der Waals surface area contributed by atoms with Crippen LogP contribution in [0.3, 0.4) is 0 Å². The summed E-state index contributed by atoms with van der Waals surface area (Å²) in [5.74, 6) is 0. The van der Waals surface area contributed by atoms with E-state index >= 15 is 0 Å². The van der Waals surface area contributed by atoms with Gasteiger partial charge in [0.1, 0.15) is 0 Å². The summed E-state index contributed by atoms with van der Waals surface area (Å²) in [6.07, 6.45) is 4.88. The number of hydrogen-bond acceptors (Lipinski definition) is 1. The Bertz CT molecular complexity index is 539. The summed E-state index contributed by atoms with van der Waals surface area (Å²) in [4.78, 5) is 2.36. The maximum Gasteiger partial charge on any atom is 0.0492 e. The van der Waals surface area contributed by atoms with Crippen molar-refractivity contribution in [2.24, 2.45) is 0 Å². The number of benzene rings is 1. The van der Waals surface area contributed by atoms with Gasteiger partial charge in [-0.15, -0.1) is 0 Å². The Kier molecular flexibility index (Phi) is 2.48. The highest BCUT2D eigenvalue weighted by Crippen LogP contribution is 2.37. The summed E-state index contributed by atoms with van der Waals surface area (Å²) in [7, 11) is 4.37.